The zero-order chi connectivity index (χ0) is 30.4. The van der Waals surface area contributed by atoms with Gasteiger partial charge in [0.05, 0.1) is 11.1 Å². The number of halogens is 1. The summed E-state index contributed by atoms with van der Waals surface area (Å²) in [5, 5.41) is 2.90. The van der Waals surface area contributed by atoms with E-state index in [9.17, 15) is 0 Å². The van der Waals surface area contributed by atoms with Crippen LogP contribution in [0.3, 0.4) is 0 Å². The minimum atomic E-state index is -0.424. The van der Waals surface area contributed by atoms with E-state index in [4.69, 9.17) is 16.0 Å². The van der Waals surface area contributed by atoms with Crippen molar-refractivity contribution >= 4 is 50.6 Å². The molecule has 7 aromatic carbocycles. The Labute approximate surface area is 271 Å². The van der Waals surface area contributed by atoms with Crippen molar-refractivity contribution in [3.8, 4) is 22.3 Å². The van der Waals surface area contributed by atoms with Gasteiger partial charge in [0, 0.05) is 27.2 Å². The van der Waals surface area contributed by atoms with Crippen LogP contribution in [0.25, 0.3) is 44.2 Å². The largest absolute Gasteiger partial charge is 0.454 e. The zero-order valence-electron chi connectivity index (χ0n) is 24.7. The summed E-state index contributed by atoms with van der Waals surface area (Å²) in [4.78, 5) is 2.31. The Morgan fingerprint density at radius 2 is 1.00 bits per heavy atom. The van der Waals surface area contributed by atoms with Crippen LogP contribution in [0.1, 0.15) is 22.3 Å². The smallest absolute Gasteiger partial charge is 0.159 e. The Morgan fingerprint density at radius 3 is 1.67 bits per heavy atom. The van der Waals surface area contributed by atoms with Gasteiger partial charge in [-0.2, -0.15) is 0 Å². The van der Waals surface area contributed by atoms with Crippen molar-refractivity contribution in [2.75, 3.05) is 4.90 Å². The molecule has 0 atom stereocenters. The Hall–Kier alpha value is -5.57. The number of nitrogens with zero attached hydrogens (tertiary/aromatic N) is 1. The van der Waals surface area contributed by atoms with Crippen molar-refractivity contribution in [2.24, 2.45) is 0 Å². The molecule has 1 heterocycles. The van der Waals surface area contributed by atoms with Crippen LogP contribution in [0.15, 0.2) is 162 Å². The lowest BCUT2D eigenvalue weighted by atomic mass is 9.70. The second-order valence-corrected chi connectivity index (χ2v) is 12.6. The molecule has 216 valence electrons. The third kappa shape index (κ3) is 3.32. The fourth-order valence-corrected chi connectivity index (χ4v) is 8.27. The molecule has 0 saturated carbocycles. The van der Waals surface area contributed by atoms with E-state index >= 15 is 0 Å². The van der Waals surface area contributed by atoms with Crippen molar-refractivity contribution < 1.29 is 4.42 Å². The summed E-state index contributed by atoms with van der Waals surface area (Å²) in [6.45, 7) is 0. The molecule has 0 amide bonds. The topological polar surface area (TPSA) is 16.4 Å². The maximum absolute atomic E-state index is 6.59. The molecule has 3 heteroatoms. The van der Waals surface area contributed by atoms with Crippen LogP contribution in [0.2, 0.25) is 5.02 Å². The molecule has 2 nitrogen and oxygen atoms in total. The average molecular weight is 608 g/mol. The summed E-state index contributed by atoms with van der Waals surface area (Å²) < 4.78 is 6.59. The number of benzene rings is 7. The first kappa shape index (κ1) is 25.7. The van der Waals surface area contributed by atoms with Crippen LogP contribution >= 0.6 is 11.6 Å². The van der Waals surface area contributed by atoms with Gasteiger partial charge >= 0.3 is 0 Å². The maximum Gasteiger partial charge on any atom is 0.159 e. The highest BCUT2D eigenvalue weighted by Gasteiger charge is 2.51. The van der Waals surface area contributed by atoms with Crippen molar-refractivity contribution in [1.82, 2.24) is 0 Å². The predicted octanol–water partition coefficient (Wildman–Crippen LogP) is 12.1. The third-order valence-electron chi connectivity index (χ3n) is 9.95. The van der Waals surface area contributed by atoms with E-state index in [2.05, 4.69) is 138 Å². The van der Waals surface area contributed by atoms with Gasteiger partial charge in [-0.05, 0) is 93.0 Å². The van der Waals surface area contributed by atoms with E-state index in [1.807, 2.05) is 24.3 Å². The molecular weight excluding hydrogens is 582 g/mol. The van der Waals surface area contributed by atoms with Crippen molar-refractivity contribution in [3.63, 3.8) is 0 Å². The van der Waals surface area contributed by atoms with Crippen LogP contribution in [0, 0.1) is 0 Å². The summed E-state index contributed by atoms with van der Waals surface area (Å²) in [6, 6.07) is 56.5. The van der Waals surface area contributed by atoms with Gasteiger partial charge in [0.25, 0.3) is 0 Å². The maximum atomic E-state index is 6.59. The highest BCUT2D eigenvalue weighted by Crippen LogP contribution is 2.63. The second-order valence-electron chi connectivity index (χ2n) is 12.2. The van der Waals surface area contributed by atoms with Gasteiger partial charge in [-0.25, -0.2) is 0 Å². The van der Waals surface area contributed by atoms with Crippen LogP contribution < -0.4 is 4.90 Å². The lowest BCUT2D eigenvalue weighted by Gasteiger charge is -2.32. The molecule has 46 heavy (non-hydrogen) atoms. The summed E-state index contributed by atoms with van der Waals surface area (Å²) >= 11 is 6.43. The fourth-order valence-electron chi connectivity index (χ4n) is 8.15. The summed E-state index contributed by atoms with van der Waals surface area (Å²) in [7, 11) is 0. The SMILES string of the molecule is Clc1ccc(N(c2ccc3c(c2)C2(c4ccccc4-c4ccccc42)c2ccccc2-3)c2cccc3c2oc2ccccc23)cc1. The molecule has 0 saturated heterocycles. The van der Waals surface area contributed by atoms with Gasteiger partial charge in [0.1, 0.15) is 5.58 Å². The van der Waals surface area contributed by atoms with Gasteiger partial charge in [-0.3, -0.25) is 0 Å². The van der Waals surface area contributed by atoms with Gasteiger partial charge < -0.3 is 9.32 Å². The molecule has 0 radical (unpaired) electrons. The highest BCUT2D eigenvalue weighted by atomic mass is 35.5. The third-order valence-corrected chi connectivity index (χ3v) is 10.2. The van der Waals surface area contributed by atoms with E-state index in [0.29, 0.717) is 5.02 Å². The van der Waals surface area contributed by atoms with E-state index in [-0.39, 0.29) is 0 Å². The number of para-hydroxylation sites is 2. The Bertz CT molecular complexity index is 2440. The molecular formula is C43H26ClNO. The second kappa shape index (κ2) is 9.47. The van der Waals surface area contributed by atoms with E-state index in [1.54, 1.807) is 0 Å². The molecule has 1 spiro atoms. The van der Waals surface area contributed by atoms with Crippen molar-refractivity contribution in [2.45, 2.75) is 5.41 Å². The van der Waals surface area contributed by atoms with E-state index in [1.165, 1.54) is 44.5 Å². The molecule has 2 aliphatic rings. The Kier molecular flexibility index (Phi) is 5.29. The quantitative estimate of drug-likeness (QED) is 0.199. The molecule has 0 unspecified atom stereocenters. The molecule has 0 bridgehead atoms. The first-order chi connectivity index (χ1) is 22.7. The number of fused-ring (bicyclic) bond motifs is 13. The summed E-state index contributed by atoms with van der Waals surface area (Å²) in [5.41, 5.74) is 14.8. The number of hydrogen-bond acceptors (Lipinski definition) is 2. The lowest BCUT2D eigenvalue weighted by molar-refractivity contribution is 0.669. The first-order valence-corrected chi connectivity index (χ1v) is 16.0. The molecule has 0 aliphatic heterocycles. The minimum absolute atomic E-state index is 0.424. The standard InChI is InChI=1S/C43H26ClNO/c44-27-20-22-28(23-21-27)45(40-18-9-14-35-34-13-4-8-19-41(34)46-42(35)40)29-24-25-33-32-12-3-7-17-38(32)43(39(33)26-29)36-15-5-1-10-30(36)31-11-2-6-16-37(31)43/h1-26H. The molecule has 2 aliphatic carbocycles. The number of rotatable bonds is 3. The first-order valence-electron chi connectivity index (χ1n) is 15.6. The molecule has 10 rings (SSSR count). The Balaban J connectivity index is 1.29. The minimum Gasteiger partial charge on any atom is -0.454 e. The lowest BCUT2D eigenvalue weighted by Crippen LogP contribution is -2.26. The monoisotopic (exact) mass is 607 g/mol. The van der Waals surface area contributed by atoms with Crippen molar-refractivity contribution in [1.29, 1.82) is 0 Å². The van der Waals surface area contributed by atoms with Gasteiger partial charge in [-0.15, -0.1) is 0 Å². The van der Waals surface area contributed by atoms with Gasteiger partial charge in [0.15, 0.2) is 5.58 Å². The highest BCUT2D eigenvalue weighted by molar-refractivity contribution is 6.30. The summed E-state index contributed by atoms with van der Waals surface area (Å²) in [6.07, 6.45) is 0. The van der Waals surface area contributed by atoms with Crippen LogP contribution in [-0.2, 0) is 5.41 Å². The van der Waals surface area contributed by atoms with E-state index < -0.39 is 5.41 Å². The number of hydrogen-bond donors (Lipinski definition) is 0. The van der Waals surface area contributed by atoms with E-state index in [0.717, 1.165) is 39.0 Å². The molecule has 8 aromatic rings. The van der Waals surface area contributed by atoms with Gasteiger partial charge in [0.2, 0.25) is 0 Å². The fraction of sp³-hybridized carbons (Fsp3) is 0.0233. The average Bonchev–Trinajstić information content (AvgIpc) is 3.74. The van der Waals surface area contributed by atoms with Crippen molar-refractivity contribution in [3.05, 3.63) is 185 Å². The summed E-state index contributed by atoms with van der Waals surface area (Å²) in [5.74, 6) is 0. The predicted molar refractivity (Wildman–Crippen MR) is 190 cm³/mol. The normalized spacial score (nSPS) is 13.5. The van der Waals surface area contributed by atoms with Crippen LogP contribution in [-0.4, -0.2) is 0 Å². The zero-order valence-corrected chi connectivity index (χ0v) is 25.5. The molecule has 0 N–H and O–H groups in total. The van der Waals surface area contributed by atoms with Crippen LogP contribution in [0.4, 0.5) is 17.1 Å². The molecule has 0 fully saturated rings. The number of anilines is 3. The van der Waals surface area contributed by atoms with Gasteiger partial charge in [-0.1, -0.05) is 121 Å². The molecule has 1 aromatic heterocycles. The van der Waals surface area contributed by atoms with Crippen LogP contribution in [0.5, 0.6) is 0 Å². The number of furan rings is 1. The Morgan fingerprint density at radius 1 is 0.457 bits per heavy atom.